The van der Waals surface area contributed by atoms with Gasteiger partial charge < -0.3 is 14.6 Å². The van der Waals surface area contributed by atoms with Gasteiger partial charge in [0.1, 0.15) is 11.4 Å². The number of alkyl carbamates (subject to hydrolysis) is 1. The minimum Gasteiger partial charge on any atom is -0.444 e. The molecule has 1 amide bonds. The molecule has 1 aromatic heterocycles. The van der Waals surface area contributed by atoms with Crippen LogP contribution in [0.5, 0.6) is 0 Å². The Bertz CT molecular complexity index is 485. The van der Waals surface area contributed by atoms with Crippen molar-refractivity contribution in [2.24, 2.45) is 0 Å². The number of hydrogen-bond donors (Lipinski definition) is 2. The van der Waals surface area contributed by atoms with Crippen LogP contribution in [0.2, 0.25) is 0 Å². The van der Waals surface area contributed by atoms with Crippen LogP contribution < -0.4 is 5.32 Å². The van der Waals surface area contributed by atoms with Crippen LogP contribution in [0.15, 0.2) is 0 Å². The van der Waals surface area contributed by atoms with Gasteiger partial charge in [0, 0.05) is 19.0 Å². The Morgan fingerprint density at radius 1 is 1.53 bits per heavy atom. The van der Waals surface area contributed by atoms with E-state index in [1.54, 1.807) is 0 Å². The van der Waals surface area contributed by atoms with Crippen molar-refractivity contribution < 1.29 is 9.53 Å². The number of hydrogen-bond acceptors (Lipinski definition) is 4. The summed E-state index contributed by atoms with van der Waals surface area (Å²) < 4.78 is 7.69. The highest BCUT2D eigenvalue weighted by atomic mass is 32.1. The van der Waals surface area contributed by atoms with E-state index in [4.69, 9.17) is 17.0 Å². The Morgan fingerprint density at radius 3 is 2.68 bits per heavy atom. The molecule has 0 aliphatic carbocycles. The first-order chi connectivity index (χ1) is 8.70. The molecule has 0 unspecified atom stereocenters. The summed E-state index contributed by atoms with van der Waals surface area (Å²) in [6.07, 6.45) is 0.183. The van der Waals surface area contributed by atoms with E-state index in [2.05, 4.69) is 15.5 Å². The third-order valence-corrected chi connectivity index (χ3v) is 2.60. The molecule has 2 N–H and O–H groups in total. The van der Waals surface area contributed by atoms with Crippen molar-refractivity contribution >= 4 is 18.3 Å². The first-order valence-corrected chi connectivity index (χ1v) is 6.74. The number of carbonyl (C=O) groups is 1. The van der Waals surface area contributed by atoms with Gasteiger partial charge in [-0.2, -0.15) is 5.10 Å². The molecular formula is C12H22N4O2S. The molecular weight excluding hydrogens is 264 g/mol. The Hall–Kier alpha value is -1.37. The van der Waals surface area contributed by atoms with Crippen LogP contribution in [0, 0.1) is 4.77 Å². The largest absolute Gasteiger partial charge is 0.444 e. The average molecular weight is 286 g/mol. The lowest BCUT2D eigenvalue weighted by atomic mass is 10.2. The molecule has 1 heterocycles. The van der Waals surface area contributed by atoms with E-state index in [1.807, 2.05) is 39.2 Å². The van der Waals surface area contributed by atoms with Gasteiger partial charge in [-0.3, -0.25) is 5.10 Å². The number of aromatic nitrogens is 3. The molecule has 19 heavy (non-hydrogen) atoms. The van der Waals surface area contributed by atoms with Crippen molar-refractivity contribution in [2.75, 3.05) is 6.54 Å². The summed E-state index contributed by atoms with van der Waals surface area (Å²) in [5.74, 6) is 0.830. The fourth-order valence-corrected chi connectivity index (χ4v) is 2.00. The van der Waals surface area contributed by atoms with E-state index < -0.39 is 11.7 Å². The van der Waals surface area contributed by atoms with Crippen molar-refractivity contribution in [3.05, 3.63) is 10.6 Å². The minimum atomic E-state index is -0.484. The summed E-state index contributed by atoms with van der Waals surface area (Å²) in [7, 11) is 0. The van der Waals surface area contributed by atoms with E-state index in [0.717, 1.165) is 5.82 Å². The number of nitrogens with one attached hydrogen (secondary N) is 2. The lowest BCUT2D eigenvalue weighted by Gasteiger charge is -2.19. The zero-order valence-electron chi connectivity index (χ0n) is 12.1. The van der Waals surface area contributed by atoms with Crippen molar-refractivity contribution in [3.63, 3.8) is 0 Å². The molecule has 0 aromatic carbocycles. The average Bonchev–Trinajstić information content (AvgIpc) is 2.57. The number of H-pyrrole nitrogens is 1. The van der Waals surface area contributed by atoms with Crippen molar-refractivity contribution in [1.82, 2.24) is 20.1 Å². The zero-order valence-corrected chi connectivity index (χ0v) is 12.9. The fraction of sp³-hybridized carbons (Fsp3) is 0.750. The summed E-state index contributed by atoms with van der Waals surface area (Å²) in [5.41, 5.74) is -0.484. The van der Waals surface area contributed by atoms with E-state index in [1.165, 1.54) is 0 Å². The van der Waals surface area contributed by atoms with Crippen LogP contribution in [0.4, 0.5) is 4.79 Å². The van der Waals surface area contributed by atoms with Gasteiger partial charge in [-0.25, -0.2) is 4.79 Å². The summed E-state index contributed by atoms with van der Waals surface area (Å²) in [5, 5.41) is 9.63. The van der Waals surface area contributed by atoms with Gasteiger partial charge in [0.25, 0.3) is 0 Å². The third kappa shape index (κ3) is 5.02. The van der Waals surface area contributed by atoms with Crippen LogP contribution >= 0.6 is 12.2 Å². The van der Waals surface area contributed by atoms with E-state index >= 15 is 0 Å². The lowest BCUT2D eigenvalue weighted by Crippen LogP contribution is -2.33. The van der Waals surface area contributed by atoms with E-state index in [0.29, 0.717) is 17.7 Å². The number of rotatable bonds is 4. The second-order valence-electron chi connectivity index (χ2n) is 5.59. The number of carbonyl (C=O) groups excluding carboxylic acids is 1. The molecule has 0 spiro atoms. The Labute approximate surface area is 118 Å². The van der Waals surface area contributed by atoms with Crippen LogP contribution in [0.25, 0.3) is 0 Å². The highest BCUT2D eigenvalue weighted by molar-refractivity contribution is 7.71. The molecule has 0 atom stereocenters. The van der Waals surface area contributed by atoms with Gasteiger partial charge in [-0.1, -0.05) is 0 Å². The maximum absolute atomic E-state index is 11.5. The van der Waals surface area contributed by atoms with Crippen molar-refractivity contribution in [3.8, 4) is 0 Å². The Morgan fingerprint density at radius 2 is 2.16 bits per heavy atom. The Kier molecular flexibility index (Phi) is 5.11. The molecule has 0 aliphatic rings. The smallest absolute Gasteiger partial charge is 0.407 e. The monoisotopic (exact) mass is 286 g/mol. The lowest BCUT2D eigenvalue weighted by molar-refractivity contribution is 0.0528. The van der Waals surface area contributed by atoms with Crippen molar-refractivity contribution in [2.45, 2.75) is 52.7 Å². The minimum absolute atomic E-state index is 0.239. The highest BCUT2D eigenvalue weighted by Crippen LogP contribution is 2.09. The highest BCUT2D eigenvalue weighted by Gasteiger charge is 2.16. The summed E-state index contributed by atoms with van der Waals surface area (Å²) in [6, 6.07) is 0.239. The van der Waals surface area contributed by atoms with Crippen molar-refractivity contribution in [1.29, 1.82) is 0 Å². The SMILES string of the molecule is CC(C)n1c(CCNC(=O)OC(C)(C)C)n[nH]c1=S. The molecule has 108 valence electrons. The number of ether oxygens (including phenoxy) is 1. The second kappa shape index (κ2) is 6.18. The van der Waals surface area contributed by atoms with Gasteiger partial charge in [0.05, 0.1) is 0 Å². The molecule has 6 nitrogen and oxygen atoms in total. The normalized spacial score (nSPS) is 11.7. The van der Waals surface area contributed by atoms with Gasteiger partial charge in [0.2, 0.25) is 0 Å². The summed E-state index contributed by atoms with van der Waals surface area (Å²) in [6.45, 7) is 10.0. The van der Waals surface area contributed by atoms with Crippen LogP contribution in [-0.2, 0) is 11.2 Å². The van der Waals surface area contributed by atoms with Gasteiger partial charge in [0.15, 0.2) is 4.77 Å². The standard InChI is InChI=1S/C12H22N4O2S/c1-8(2)16-9(14-15-10(16)19)6-7-13-11(17)18-12(3,4)5/h8H,6-7H2,1-5H3,(H,13,17)(H,15,19). The van der Waals surface area contributed by atoms with Crippen LogP contribution in [0.3, 0.4) is 0 Å². The predicted octanol–water partition coefficient (Wildman–Crippen LogP) is 2.59. The first-order valence-electron chi connectivity index (χ1n) is 6.33. The van der Waals surface area contributed by atoms with E-state index in [9.17, 15) is 4.79 Å². The molecule has 7 heteroatoms. The van der Waals surface area contributed by atoms with Crippen LogP contribution in [-0.4, -0.2) is 33.0 Å². The maximum atomic E-state index is 11.5. The number of nitrogens with zero attached hydrogens (tertiary/aromatic N) is 2. The topological polar surface area (TPSA) is 71.9 Å². The molecule has 0 aliphatic heterocycles. The summed E-state index contributed by atoms with van der Waals surface area (Å²) >= 11 is 5.16. The van der Waals surface area contributed by atoms with Gasteiger partial charge >= 0.3 is 6.09 Å². The Balaban J connectivity index is 2.50. The van der Waals surface area contributed by atoms with Crippen LogP contribution in [0.1, 0.15) is 46.5 Å². The van der Waals surface area contributed by atoms with Gasteiger partial charge in [-0.15, -0.1) is 0 Å². The molecule has 0 saturated heterocycles. The van der Waals surface area contributed by atoms with E-state index in [-0.39, 0.29) is 6.04 Å². The molecule has 1 rings (SSSR count). The maximum Gasteiger partial charge on any atom is 0.407 e. The third-order valence-electron chi connectivity index (χ3n) is 2.31. The quantitative estimate of drug-likeness (QED) is 0.835. The summed E-state index contributed by atoms with van der Waals surface area (Å²) in [4.78, 5) is 11.5. The second-order valence-corrected chi connectivity index (χ2v) is 5.97. The number of amides is 1. The first kappa shape index (κ1) is 15.7. The molecule has 0 fully saturated rings. The molecule has 0 bridgehead atoms. The molecule has 0 radical (unpaired) electrons. The van der Waals surface area contributed by atoms with Gasteiger partial charge in [-0.05, 0) is 46.8 Å². The molecule has 1 aromatic rings. The molecule has 0 saturated carbocycles. The fourth-order valence-electron chi connectivity index (χ4n) is 1.64. The zero-order chi connectivity index (χ0) is 14.6. The predicted molar refractivity (Wildman–Crippen MR) is 75.7 cm³/mol. The number of aromatic amines is 1.